The molecule has 6 aromatic rings. The van der Waals surface area contributed by atoms with Crippen LogP contribution < -0.4 is 4.74 Å². The van der Waals surface area contributed by atoms with E-state index in [1.165, 1.54) is 44.5 Å². The third kappa shape index (κ3) is 6.00. The minimum atomic E-state index is 0.799. The normalized spacial score (nSPS) is 10.8. The van der Waals surface area contributed by atoms with Crippen molar-refractivity contribution in [3.05, 3.63) is 180 Å². The largest absolute Gasteiger partial charge is 0.457 e. The van der Waals surface area contributed by atoms with E-state index in [0.29, 0.717) is 0 Å². The summed E-state index contributed by atoms with van der Waals surface area (Å²) in [6, 6.07) is 55.4. The average Bonchev–Trinajstić information content (AvgIpc) is 3.01. The van der Waals surface area contributed by atoms with Crippen molar-refractivity contribution >= 4 is 0 Å². The Labute approximate surface area is 231 Å². The van der Waals surface area contributed by atoms with Crippen LogP contribution in [0, 0.1) is 0 Å². The second-order valence-corrected chi connectivity index (χ2v) is 9.80. The summed E-state index contributed by atoms with van der Waals surface area (Å²) >= 11 is 0. The molecule has 0 amide bonds. The van der Waals surface area contributed by atoms with E-state index in [0.717, 1.165) is 24.3 Å². The van der Waals surface area contributed by atoms with Gasteiger partial charge in [0.15, 0.2) is 0 Å². The highest BCUT2D eigenvalue weighted by Gasteiger charge is 2.13. The fourth-order valence-corrected chi connectivity index (χ4v) is 5.00. The van der Waals surface area contributed by atoms with Gasteiger partial charge in [-0.05, 0) is 68.8 Å². The zero-order valence-corrected chi connectivity index (χ0v) is 21.8. The third-order valence-corrected chi connectivity index (χ3v) is 7.03. The summed E-state index contributed by atoms with van der Waals surface area (Å²) in [5.41, 5.74) is 9.65. The lowest BCUT2D eigenvalue weighted by Crippen LogP contribution is -1.98. The Morgan fingerprint density at radius 3 is 1.08 bits per heavy atom. The van der Waals surface area contributed by atoms with E-state index < -0.39 is 0 Å². The maximum absolute atomic E-state index is 6.77. The van der Waals surface area contributed by atoms with Gasteiger partial charge in [0.25, 0.3) is 0 Å². The summed E-state index contributed by atoms with van der Waals surface area (Å²) in [5, 5.41) is 0. The molecular weight excluding hydrogens is 472 g/mol. The molecular formula is C38H30O. The van der Waals surface area contributed by atoms with Gasteiger partial charge in [-0.1, -0.05) is 133 Å². The number of rotatable bonds is 8. The fraction of sp³-hybridized carbons (Fsp3) is 0.0526. The first-order valence-electron chi connectivity index (χ1n) is 13.4. The highest BCUT2D eigenvalue weighted by molar-refractivity contribution is 5.68. The van der Waals surface area contributed by atoms with Crippen molar-refractivity contribution in [2.24, 2.45) is 0 Å². The maximum Gasteiger partial charge on any atom is 0.131 e. The summed E-state index contributed by atoms with van der Waals surface area (Å²) in [6.45, 7) is 0. The van der Waals surface area contributed by atoms with Gasteiger partial charge in [-0.3, -0.25) is 0 Å². The highest BCUT2D eigenvalue weighted by Crippen LogP contribution is 2.35. The number of ether oxygens (including phenoxy) is 1. The summed E-state index contributed by atoms with van der Waals surface area (Å²) in [4.78, 5) is 0. The predicted octanol–water partition coefficient (Wildman–Crippen LogP) is 9.99. The Kier molecular flexibility index (Phi) is 7.32. The van der Waals surface area contributed by atoms with Crippen LogP contribution in [0.2, 0.25) is 0 Å². The first-order chi connectivity index (χ1) is 19.3. The molecule has 0 saturated carbocycles. The third-order valence-electron chi connectivity index (χ3n) is 7.03. The molecule has 0 spiro atoms. The van der Waals surface area contributed by atoms with Crippen molar-refractivity contribution in [2.75, 3.05) is 0 Å². The van der Waals surface area contributed by atoms with Gasteiger partial charge in [-0.2, -0.15) is 0 Å². The molecule has 0 aliphatic carbocycles. The summed E-state index contributed by atoms with van der Waals surface area (Å²) in [5.74, 6) is 1.78. The second kappa shape index (κ2) is 11.7. The standard InChI is InChI=1S/C38H30O/c1-5-13-29(14-6-1)25-35-27-33(31-17-9-3-10-18-31)21-23-37(35)39-38-24-22-34(32-19-11-4-12-20-32)28-36(38)26-30-15-7-2-8-16-30/h1-24,27-28H,25-26H2. The van der Waals surface area contributed by atoms with Gasteiger partial charge in [0.1, 0.15) is 11.5 Å². The molecule has 1 heteroatoms. The van der Waals surface area contributed by atoms with Crippen LogP contribution in [0.15, 0.2) is 158 Å². The van der Waals surface area contributed by atoms with E-state index in [1.807, 2.05) is 0 Å². The van der Waals surface area contributed by atoms with Crippen LogP contribution in [0.1, 0.15) is 22.3 Å². The molecule has 1 nitrogen and oxygen atoms in total. The van der Waals surface area contributed by atoms with E-state index in [-0.39, 0.29) is 0 Å². The monoisotopic (exact) mass is 502 g/mol. The van der Waals surface area contributed by atoms with Gasteiger partial charge in [-0.15, -0.1) is 0 Å². The predicted molar refractivity (Wildman–Crippen MR) is 162 cm³/mol. The molecule has 39 heavy (non-hydrogen) atoms. The molecule has 0 aromatic heterocycles. The van der Waals surface area contributed by atoms with Gasteiger partial charge in [0.05, 0.1) is 0 Å². The molecule has 0 aliphatic heterocycles. The van der Waals surface area contributed by atoms with Gasteiger partial charge in [0.2, 0.25) is 0 Å². The Morgan fingerprint density at radius 2 is 0.692 bits per heavy atom. The molecule has 0 unspecified atom stereocenters. The number of hydrogen-bond donors (Lipinski definition) is 0. The van der Waals surface area contributed by atoms with Gasteiger partial charge >= 0.3 is 0 Å². The van der Waals surface area contributed by atoms with Gasteiger partial charge < -0.3 is 4.74 Å². The lowest BCUT2D eigenvalue weighted by atomic mass is 9.97. The molecule has 188 valence electrons. The summed E-state index contributed by atoms with van der Waals surface area (Å²) < 4.78 is 6.77. The molecule has 0 atom stereocenters. The molecule has 0 fully saturated rings. The van der Waals surface area contributed by atoms with Crippen LogP contribution in [0.3, 0.4) is 0 Å². The quantitative estimate of drug-likeness (QED) is 0.201. The van der Waals surface area contributed by atoms with Gasteiger partial charge in [0, 0.05) is 12.8 Å². The molecule has 0 saturated heterocycles. The minimum Gasteiger partial charge on any atom is -0.457 e. The Hall–Kier alpha value is -4.88. The minimum absolute atomic E-state index is 0.799. The Bertz CT molecular complexity index is 1510. The van der Waals surface area contributed by atoms with Crippen LogP contribution in [-0.4, -0.2) is 0 Å². The smallest absolute Gasteiger partial charge is 0.131 e. The first kappa shape index (κ1) is 24.5. The zero-order valence-electron chi connectivity index (χ0n) is 21.8. The topological polar surface area (TPSA) is 9.23 Å². The van der Waals surface area contributed by atoms with Crippen molar-refractivity contribution in [2.45, 2.75) is 12.8 Å². The lowest BCUT2D eigenvalue weighted by molar-refractivity contribution is 0.472. The van der Waals surface area contributed by atoms with Crippen molar-refractivity contribution in [3.63, 3.8) is 0 Å². The van der Waals surface area contributed by atoms with Gasteiger partial charge in [-0.25, -0.2) is 0 Å². The average molecular weight is 503 g/mol. The summed E-state index contributed by atoms with van der Waals surface area (Å²) in [7, 11) is 0. The number of hydrogen-bond acceptors (Lipinski definition) is 1. The lowest BCUT2D eigenvalue weighted by Gasteiger charge is -2.17. The highest BCUT2D eigenvalue weighted by atomic mass is 16.5. The Morgan fingerprint density at radius 1 is 0.333 bits per heavy atom. The second-order valence-electron chi connectivity index (χ2n) is 9.80. The van der Waals surface area contributed by atoms with Crippen molar-refractivity contribution < 1.29 is 4.74 Å². The molecule has 0 radical (unpaired) electrons. The van der Waals surface area contributed by atoms with E-state index in [1.54, 1.807) is 0 Å². The van der Waals surface area contributed by atoms with Crippen molar-refractivity contribution in [1.82, 2.24) is 0 Å². The molecule has 0 aliphatic rings. The number of benzene rings is 6. The molecule has 0 heterocycles. The van der Waals surface area contributed by atoms with E-state index >= 15 is 0 Å². The first-order valence-corrected chi connectivity index (χ1v) is 13.4. The van der Waals surface area contributed by atoms with Crippen LogP contribution in [0.25, 0.3) is 22.3 Å². The molecule has 0 N–H and O–H groups in total. The zero-order chi connectivity index (χ0) is 26.3. The van der Waals surface area contributed by atoms with Crippen molar-refractivity contribution in [3.8, 4) is 33.8 Å². The van der Waals surface area contributed by atoms with Crippen LogP contribution >= 0.6 is 0 Å². The molecule has 6 aromatic carbocycles. The van der Waals surface area contributed by atoms with Crippen LogP contribution in [-0.2, 0) is 12.8 Å². The maximum atomic E-state index is 6.77. The van der Waals surface area contributed by atoms with Crippen molar-refractivity contribution in [1.29, 1.82) is 0 Å². The Balaban J connectivity index is 1.40. The van der Waals surface area contributed by atoms with Crippen LogP contribution in [0.4, 0.5) is 0 Å². The summed E-state index contributed by atoms with van der Waals surface area (Å²) in [6.07, 6.45) is 1.60. The van der Waals surface area contributed by atoms with Crippen LogP contribution in [0.5, 0.6) is 11.5 Å². The molecule has 0 bridgehead atoms. The van der Waals surface area contributed by atoms with E-state index in [4.69, 9.17) is 4.74 Å². The van der Waals surface area contributed by atoms with E-state index in [9.17, 15) is 0 Å². The SMILES string of the molecule is c1ccc(Cc2cc(-c3ccccc3)ccc2Oc2ccc(-c3ccccc3)cc2Cc2ccccc2)cc1. The fourth-order valence-electron chi connectivity index (χ4n) is 5.00. The van der Waals surface area contributed by atoms with E-state index in [2.05, 4.69) is 158 Å². The molecule has 6 rings (SSSR count).